The molecule has 1 aromatic carbocycles. The molecule has 2 N–H and O–H groups in total. The number of rotatable bonds is 4. The van der Waals surface area contributed by atoms with Crippen LogP contribution in [0, 0.1) is 0 Å². The van der Waals surface area contributed by atoms with Crippen LogP contribution in [-0.4, -0.2) is 33.3 Å². The predicted molar refractivity (Wildman–Crippen MR) is 70.1 cm³/mol. The van der Waals surface area contributed by atoms with Crippen molar-refractivity contribution in [3.8, 4) is 5.75 Å². The number of anilines is 1. The molecule has 1 heterocycles. The third kappa shape index (κ3) is 4.40. The van der Waals surface area contributed by atoms with Crippen LogP contribution in [0.2, 0.25) is 0 Å². The van der Waals surface area contributed by atoms with E-state index in [9.17, 15) is 22.8 Å². The first-order chi connectivity index (χ1) is 10.8. The fraction of sp³-hybridized carbons (Fsp3) is 0.0769. The molecule has 0 radical (unpaired) electrons. The molecule has 120 valence electrons. The molecule has 0 saturated heterocycles. The van der Waals surface area contributed by atoms with Gasteiger partial charge in [-0.05, 0) is 24.3 Å². The number of ether oxygens (including phenoxy) is 1. The van der Waals surface area contributed by atoms with Gasteiger partial charge < -0.3 is 15.2 Å². The number of hydrogen-bond acceptors (Lipinski definition) is 5. The highest BCUT2D eigenvalue weighted by Crippen LogP contribution is 2.24. The Labute approximate surface area is 126 Å². The van der Waals surface area contributed by atoms with Crippen molar-refractivity contribution in [2.75, 3.05) is 5.32 Å². The van der Waals surface area contributed by atoms with Crippen LogP contribution in [0.5, 0.6) is 5.75 Å². The topological polar surface area (TPSA) is 101 Å². The first kappa shape index (κ1) is 16.2. The molecule has 23 heavy (non-hydrogen) atoms. The summed E-state index contributed by atoms with van der Waals surface area (Å²) in [6, 6.07) is 4.32. The van der Waals surface area contributed by atoms with Gasteiger partial charge in [0.2, 0.25) is 0 Å². The summed E-state index contributed by atoms with van der Waals surface area (Å²) in [5.41, 5.74) is -0.829. The second-order valence-corrected chi connectivity index (χ2v) is 4.09. The first-order valence-corrected chi connectivity index (χ1v) is 5.98. The van der Waals surface area contributed by atoms with E-state index in [0.717, 1.165) is 36.7 Å². The lowest BCUT2D eigenvalue weighted by molar-refractivity contribution is -0.274. The van der Waals surface area contributed by atoms with Gasteiger partial charge in [0.05, 0.1) is 0 Å². The van der Waals surface area contributed by atoms with E-state index in [1.807, 2.05) is 0 Å². The van der Waals surface area contributed by atoms with E-state index in [-0.39, 0.29) is 5.69 Å². The average molecular weight is 327 g/mol. The number of carbonyl (C=O) groups is 2. The molecule has 0 atom stereocenters. The van der Waals surface area contributed by atoms with Gasteiger partial charge in [-0.1, -0.05) is 0 Å². The molecule has 2 rings (SSSR count). The van der Waals surface area contributed by atoms with E-state index in [4.69, 9.17) is 5.11 Å². The van der Waals surface area contributed by atoms with Crippen molar-refractivity contribution in [3.63, 3.8) is 0 Å². The summed E-state index contributed by atoms with van der Waals surface area (Å²) >= 11 is 0. The molecule has 1 amide bonds. The van der Waals surface area contributed by atoms with Crippen molar-refractivity contribution < 1.29 is 32.6 Å². The van der Waals surface area contributed by atoms with E-state index in [1.54, 1.807) is 0 Å². The van der Waals surface area contributed by atoms with Crippen molar-refractivity contribution in [1.29, 1.82) is 0 Å². The van der Waals surface area contributed by atoms with Gasteiger partial charge in [-0.25, -0.2) is 14.8 Å². The Morgan fingerprint density at radius 3 is 2.13 bits per heavy atom. The number of nitrogens with one attached hydrogen (secondary N) is 1. The molecular weight excluding hydrogens is 319 g/mol. The summed E-state index contributed by atoms with van der Waals surface area (Å²) in [6.07, 6.45) is -2.56. The number of aromatic carboxylic acids is 1. The van der Waals surface area contributed by atoms with Crippen LogP contribution in [0.3, 0.4) is 0 Å². The Bertz CT molecular complexity index is 732. The highest BCUT2D eigenvalue weighted by atomic mass is 19.4. The molecule has 0 aliphatic heterocycles. The zero-order valence-corrected chi connectivity index (χ0v) is 11.2. The predicted octanol–water partition coefficient (Wildman–Crippen LogP) is 2.33. The standard InChI is InChI=1S/C13H8F3N3O4/c14-13(15,16)23-8-3-1-7(2-4-8)19-11(20)9-10(12(21)22)18-6-5-17-9/h1-6H,(H,19,20)(H,21,22). The number of carboxylic acid groups (broad SMARTS) is 1. The maximum absolute atomic E-state index is 12.0. The van der Waals surface area contributed by atoms with Crippen LogP contribution in [0.1, 0.15) is 21.0 Å². The normalized spacial score (nSPS) is 10.9. The zero-order valence-electron chi connectivity index (χ0n) is 11.2. The molecule has 10 heteroatoms. The number of amides is 1. The molecule has 0 unspecified atom stereocenters. The lowest BCUT2D eigenvalue weighted by atomic mass is 10.2. The number of carbonyl (C=O) groups excluding carboxylic acids is 1. The summed E-state index contributed by atoms with van der Waals surface area (Å²) in [4.78, 5) is 30.1. The van der Waals surface area contributed by atoms with Crippen LogP contribution in [0.25, 0.3) is 0 Å². The molecule has 1 aromatic heterocycles. The Morgan fingerprint density at radius 2 is 1.61 bits per heavy atom. The highest BCUT2D eigenvalue weighted by Gasteiger charge is 2.31. The van der Waals surface area contributed by atoms with E-state index in [2.05, 4.69) is 20.0 Å². The lowest BCUT2D eigenvalue weighted by Gasteiger charge is -2.10. The number of aromatic nitrogens is 2. The van der Waals surface area contributed by atoms with Gasteiger partial charge >= 0.3 is 12.3 Å². The fourth-order valence-electron chi connectivity index (χ4n) is 1.59. The summed E-state index contributed by atoms with van der Waals surface area (Å²) in [6.45, 7) is 0. The molecule has 0 aliphatic carbocycles. The third-order valence-corrected chi connectivity index (χ3v) is 2.46. The van der Waals surface area contributed by atoms with Crippen LogP contribution >= 0.6 is 0 Å². The van der Waals surface area contributed by atoms with E-state index in [0.29, 0.717) is 0 Å². The number of benzene rings is 1. The molecule has 7 nitrogen and oxygen atoms in total. The van der Waals surface area contributed by atoms with Crippen molar-refractivity contribution in [1.82, 2.24) is 9.97 Å². The minimum absolute atomic E-state index is 0.131. The van der Waals surface area contributed by atoms with E-state index >= 15 is 0 Å². The Morgan fingerprint density at radius 1 is 1.04 bits per heavy atom. The lowest BCUT2D eigenvalue weighted by Crippen LogP contribution is -2.19. The van der Waals surface area contributed by atoms with Gasteiger partial charge in [0.25, 0.3) is 5.91 Å². The van der Waals surface area contributed by atoms with Crippen molar-refractivity contribution in [2.45, 2.75) is 6.36 Å². The summed E-state index contributed by atoms with van der Waals surface area (Å²) in [7, 11) is 0. The van der Waals surface area contributed by atoms with Crippen molar-refractivity contribution >= 4 is 17.6 Å². The quantitative estimate of drug-likeness (QED) is 0.893. The number of hydrogen-bond donors (Lipinski definition) is 2. The number of carboxylic acids is 1. The van der Waals surface area contributed by atoms with Gasteiger partial charge in [-0.2, -0.15) is 0 Å². The molecule has 0 bridgehead atoms. The monoisotopic (exact) mass is 327 g/mol. The largest absolute Gasteiger partial charge is 0.573 e. The van der Waals surface area contributed by atoms with Crippen molar-refractivity contribution in [2.24, 2.45) is 0 Å². The molecule has 0 saturated carbocycles. The number of halogens is 3. The van der Waals surface area contributed by atoms with Gasteiger partial charge in [-0.3, -0.25) is 4.79 Å². The Kier molecular flexibility index (Phi) is 4.44. The van der Waals surface area contributed by atoms with E-state index in [1.165, 1.54) is 0 Å². The van der Waals surface area contributed by atoms with Gasteiger partial charge in [-0.15, -0.1) is 13.2 Å². The molecule has 2 aromatic rings. The first-order valence-electron chi connectivity index (χ1n) is 5.98. The van der Waals surface area contributed by atoms with Gasteiger partial charge in [0, 0.05) is 18.1 Å². The number of nitrogens with zero attached hydrogens (tertiary/aromatic N) is 2. The Hall–Kier alpha value is -3.17. The van der Waals surface area contributed by atoms with Gasteiger partial charge in [0.15, 0.2) is 11.4 Å². The second-order valence-electron chi connectivity index (χ2n) is 4.09. The second kappa shape index (κ2) is 6.30. The molecule has 0 fully saturated rings. The van der Waals surface area contributed by atoms with Crippen LogP contribution in [0.15, 0.2) is 36.7 Å². The average Bonchev–Trinajstić information content (AvgIpc) is 2.47. The molecule has 0 spiro atoms. The smallest absolute Gasteiger partial charge is 0.476 e. The zero-order chi connectivity index (χ0) is 17.0. The summed E-state index contributed by atoms with van der Waals surface area (Å²) in [5.74, 6) is -2.75. The summed E-state index contributed by atoms with van der Waals surface area (Å²) < 4.78 is 39.8. The van der Waals surface area contributed by atoms with E-state index < -0.39 is 35.4 Å². The van der Waals surface area contributed by atoms with Crippen LogP contribution in [0.4, 0.5) is 18.9 Å². The molecular formula is C13H8F3N3O4. The summed E-state index contributed by atoms with van der Waals surface area (Å²) in [5, 5.41) is 11.2. The third-order valence-electron chi connectivity index (χ3n) is 2.46. The van der Waals surface area contributed by atoms with Gasteiger partial charge in [0.1, 0.15) is 5.75 Å². The minimum atomic E-state index is -4.82. The maximum Gasteiger partial charge on any atom is 0.573 e. The fourth-order valence-corrected chi connectivity index (χ4v) is 1.59. The number of alkyl halides is 3. The maximum atomic E-state index is 12.0. The van der Waals surface area contributed by atoms with Crippen molar-refractivity contribution in [3.05, 3.63) is 48.0 Å². The SMILES string of the molecule is O=C(O)c1nccnc1C(=O)Nc1ccc(OC(F)(F)F)cc1. The molecule has 0 aliphatic rings. The Balaban J connectivity index is 2.14. The van der Waals surface area contributed by atoms with Crippen LogP contribution in [-0.2, 0) is 0 Å². The minimum Gasteiger partial charge on any atom is -0.476 e. The highest BCUT2D eigenvalue weighted by molar-refractivity contribution is 6.08. The van der Waals surface area contributed by atoms with Crippen LogP contribution < -0.4 is 10.1 Å².